The van der Waals surface area contributed by atoms with E-state index in [4.69, 9.17) is 0 Å². The maximum absolute atomic E-state index is 9.48. The molecule has 14 heavy (non-hydrogen) atoms. The van der Waals surface area contributed by atoms with Gasteiger partial charge in [0.15, 0.2) is 0 Å². The second-order valence-corrected chi connectivity index (χ2v) is 3.66. The molecule has 2 N–H and O–H groups in total. The Bertz CT molecular complexity index is 265. The Morgan fingerprint density at radius 2 is 1.86 bits per heavy atom. The van der Waals surface area contributed by atoms with Crippen LogP contribution >= 0.6 is 12.4 Å². The zero-order valence-electron chi connectivity index (χ0n) is 8.02. The van der Waals surface area contributed by atoms with E-state index in [2.05, 4.69) is 29.6 Å². The first kappa shape index (κ1) is 11.5. The molecular weight excluding hydrogens is 198 g/mol. The Balaban J connectivity index is 0.000000980. The fourth-order valence-corrected chi connectivity index (χ4v) is 1.90. The van der Waals surface area contributed by atoms with Crippen molar-refractivity contribution in [1.29, 1.82) is 0 Å². The summed E-state index contributed by atoms with van der Waals surface area (Å²) in [5.74, 6) is 0.477. The van der Waals surface area contributed by atoms with E-state index in [0.29, 0.717) is 5.92 Å². The van der Waals surface area contributed by atoms with Gasteiger partial charge in [0.25, 0.3) is 0 Å². The van der Waals surface area contributed by atoms with Crippen molar-refractivity contribution in [3.8, 4) is 0 Å². The van der Waals surface area contributed by atoms with E-state index in [1.165, 1.54) is 5.56 Å². The lowest BCUT2D eigenvalue weighted by Gasteiger charge is -2.27. The number of piperidine rings is 1. The highest BCUT2D eigenvalue weighted by Gasteiger charge is 2.20. The van der Waals surface area contributed by atoms with Crippen LogP contribution in [0.3, 0.4) is 0 Å². The summed E-state index contributed by atoms with van der Waals surface area (Å²) in [7, 11) is 0. The Kier molecular flexibility index (Phi) is 4.39. The van der Waals surface area contributed by atoms with Gasteiger partial charge in [-0.05, 0) is 17.9 Å². The zero-order valence-corrected chi connectivity index (χ0v) is 8.83. The molecule has 3 heteroatoms. The van der Waals surface area contributed by atoms with E-state index >= 15 is 0 Å². The number of hydrogen-bond donors (Lipinski definition) is 2. The molecule has 0 saturated carbocycles. The van der Waals surface area contributed by atoms with E-state index < -0.39 is 0 Å². The first-order valence-electron chi connectivity index (χ1n) is 4.80. The fourth-order valence-electron chi connectivity index (χ4n) is 1.90. The molecule has 0 radical (unpaired) electrons. The number of halogens is 1. The predicted molar refractivity (Wildman–Crippen MR) is 59.9 cm³/mol. The summed E-state index contributed by atoms with van der Waals surface area (Å²) in [5, 5.41) is 12.7. The van der Waals surface area contributed by atoms with Gasteiger partial charge in [-0.15, -0.1) is 12.4 Å². The molecule has 0 aromatic heterocycles. The lowest BCUT2D eigenvalue weighted by molar-refractivity contribution is 0.132. The lowest BCUT2D eigenvalue weighted by atomic mass is 9.90. The molecule has 1 aromatic rings. The van der Waals surface area contributed by atoms with Crippen LogP contribution in [0.15, 0.2) is 30.3 Å². The summed E-state index contributed by atoms with van der Waals surface area (Å²) in [5.41, 5.74) is 1.33. The topological polar surface area (TPSA) is 32.3 Å². The largest absolute Gasteiger partial charge is 0.392 e. The molecule has 1 aliphatic rings. The molecule has 0 spiro atoms. The average Bonchev–Trinajstić information content (AvgIpc) is 2.19. The van der Waals surface area contributed by atoms with Crippen LogP contribution in [-0.2, 0) is 0 Å². The molecule has 1 aromatic carbocycles. The third-order valence-corrected chi connectivity index (χ3v) is 2.60. The highest BCUT2D eigenvalue weighted by molar-refractivity contribution is 5.85. The summed E-state index contributed by atoms with van der Waals surface area (Å²) in [6, 6.07) is 10.4. The number of benzene rings is 1. The highest BCUT2D eigenvalue weighted by atomic mass is 35.5. The van der Waals surface area contributed by atoms with Crippen molar-refractivity contribution < 1.29 is 5.11 Å². The third-order valence-electron chi connectivity index (χ3n) is 2.60. The van der Waals surface area contributed by atoms with E-state index in [1.807, 2.05) is 6.07 Å². The molecular formula is C11H16ClNO. The molecule has 78 valence electrons. The van der Waals surface area contributed by atoms with Crippen molar-refractivity contribution >= 4 is 12.4 Å². The van der Waals surface area contributed by atoms with Crippen LogP contribution < -0.4 is 5.32 Å². The van der Waals surface area contributed by atoms with Gasteiger partial charge in [-0.1, -0.05) is 30.3 Å². The molecule has 1 heterocycles. The average molecular weight is 214 g/mol. The minimum Gasteiger partial charge on any atom is -0.392 e. The SMILES string of the molecule is Cl.O[C@@H]1CNC[C@H](c2ccccc2)C1. The zero-order chi connectivity index (χ0) is 9.10. The Hall–Kier alpha value is -0.570. The molecule has 1 fully saturated rings. The first-order valence-corrected chi connectivity index (χ1v) is 4.80. The molecule has 2 nitrogen and oxygen atoms in total. The summed E-state index contributed by atoms with van der Waals surface area (Å²) < 4.78 is 0. The summed E-state index contributed by atoms with van der Waals surface area (Å²) in [4.78, 5) is 0. The van der Waals surface area contributed by atoms with Gasteiger partial charge in [0.1, 0.15) is 0 Å². The summed E-state index contributed by atoms with van der Waals surface area (Å²) in [6.45, 7) is 1.73. The van der Waals surface area contributed by atoms with Crippen molar-refractivity contribution in [3.63, 3.8) is 0 Å². The van der Waals surface area contributed by atoms with Gasteiger partial charge in [0.05, 0.1) is 6.10 Å². The van der Waals surface area contributed by atoms with E-state index in [-0.39, 0.29) is 18.5 Å². The van der Waals surface area contributed by atoms with Gasteiger partial charge in [0.2, 0.25) is 0 Å². The fraction of sp³-hybridized carbons (Fsp3) is 0.455. The van der Waals surface area contributed by atoms with Crippen molar-refractivity contribution in [3.05, 3.63) is 35.9 Å². The van der Waals surface area contributed by atoms with Crippen molar-refractivity contribution in [2.75, 3.05) is 13.1 Å². The van der Waals surface area contributed by atoms with Gasteiger partial charge in [-0.25, -0.2) is 0 Å². The van der Waals surface area contributed by atoms with Gasteiger partial charge < -0.3 is 10.4 Å². The molecule has 1 saturated heterocycles. The number of aliphatic hydroxyl groups excluding tert-OH is 1. The van der Waals surface area contributed by atoms with Crippen molar-refractivity contribution in [2.24, 2.45) is 0 Å². The van der Waals surface area contributed by atoms with Crippen LogP contribution in [0.5, 0.6) is 0 Å². The summed E-state index contributed by atoms with van der Waals surface area (Å²) in [6.07, 6.45) is 0.704. The molecule has 1 aliphatic heterocycles. The van der Waals surface area contributed by atoms with Crippen LogP contribution in [-0.4, -0.2) is 24.3 Å². The van der Waals surface area contributed by atoms with E-state index in [9.17, 15) is 5.11 Å². The quantitative estimate of drug-likeness (QED) is 0.742. The standard InChI is InChI=1S/C11H15NO.ClH/c13-11-6-10(7-12-8-11)9-4-2-1-3-5-9;/h1-5,10-13H,6-8H2;1H/t10-,11+;/m1./s1. The molecule has 2 atom stereocenters. The Labute approximate surface area is 90.7 Å². The Morgan fingerprint density at radius 3 is 2.50 bits per heavy atom. The monoisotopic (exact) mass is 213 g/mol. The van der Waals surface area contributed by atoms with Crippen LogP contribution in [0.1, 0.15) is 17.9 Å². The van der Waals surface area contributed by atoms with Gasteiger partial charge >= 0.3 is 0 Å². The molecule has 0 bridgehead atoms. The third kappa shape index (κ3) is 2.71. The first-order chi connectivity index (χ1) is 6.36. The second kappa shape index (κ2) is 5.35. The van der Waals surface area contributed by atoms with E-state index in [1.54, 1.807) is 0 Å². The lowest BCUT2D eigenvalue weighted by Crippen LogP contribution is -2.38. The number of hydrogen-bond acceptors (Lipinski definition) is 2. The predicted octanol–water partition coefficient (Wildman–Crippen LogP) is 1.55. The minimum atomic E-state index is -0.182. The van der Waals surface area contributed by atoms with Gasteiger partial charge in [-0.2, -0.15) is 0 Å². The molecule has 2 rings (SSSR count). The van der Waals surface area contributed by atoms with Crippen LogP contribution in [0.25, 0.3) is 0 Å². The van der Waals surface area contributed by atoms with Crippen molar-refractivity contribution in [2.45, 2.75) is 18.4 Å². The van der Waals surface area contributed by atoms with Crippen LogP contribution in [0.4, 0.5) is 0 Å². The van der Waals surface area contributed by atoms with Gasteiger partial charge in [0, 0.05) is 13.1 Å². The highest BCUT2D eigenvalue weighted by Crippen LogP contribution is 2.22. The number of rotatable bonds is 1. The smallest absolute Gasteiger partial charge is 0.0670 e. The Morgan fingerprint density at radius 1 is 1.14 bits per heavy atom. The van der Waals surface area contributed by atoms with Crippen LogP contribution in [0, 0.1) is 0 Å². The maximum Gasteiger partial charge on any atom is 0.0670 e. The van der Waals surface area contributed by atoms with Crippen molar-refractivity contribution in [1.82, 2.24) is 5.32 Å². The number of aliphatic hydroxyl groups is 1. The summed E-state index contributed by atoms with van der Waals surface area (Å²) >= 11 is 0. The maximum atomic E-state index is 9.48. The second-order valence-electron chi connectivity index (χ2n) is 3.66. The number of nitrogens with one attached hydrogen (secondary N) is 1. The number of β-amino-alcohol motifs (C(OH)–C–C–N with tert-alkyl or cyclic N) is 1. The normalized spacial score (nSPS) is 26.6. The molecule has 0 amide bonds. The van der Waals surface area contributed by atoms with Gasteiger partial charge in [-0.3, -0.25) is 0 Å². The van der Waals surface area contributed by atoms with Crippen LogP contribution in [0.2, 0.25) is 0 Å². The minimum absolute atomic E-state index is 0. The molecule has 0 aliphatic carbocycles. The van der Waals surface area contributed by atoms with E-state index in [0.717, 1.165) is 19.5 Å². The molecule has 0 unspecified atom stereocenters.